The Morgan fingerprint density at radius 3 is 2.39 bits per heavy atom. The largest absolute Gasteiger partial charge is 0.381 e. The molecule has 31 heavy (non-hydrogen) atoms. The van der Waals surface area contributed by atoms with Crippen molar-refractivity contribution in [3.8, 4) is 0 Å². The molecule has 4 rings (SSSR count). The van der Waals surface area contributed by atoms with Crippen molar-refractivity contribution in [2.75, 3.05) is 26.8 Å². The number of rotatable bonds is 3. The van der Waals surface area contributed by atoms with Gasteiger partial charge in [-0.2, -0.15) is 0 Å². The summed E-state index contributed by atoms with van der Waals surface area (Å²) >= 11 is 0. The molecular formula is C24H39FN2O4. The number of fused-ring (bicyclic) bond motifs is 1. The molecule has 0 N–H and O–H groups in total. The maximum absolute atomic E-state index is 14.7. The van der Waals surface area contributed by atoms with Gasteiger partial charge in [0.15, 0.2) is 0 Å². The molecule has 2 aliphatic heterocycles. The zero-order valence-electron chi connectivity index (χ0n) is 19.3. The molecule has 0 aromatic carbocycles. The molecule has 0 aromatic heterocycles. The summed E-state index contributed by atoms with van der Waals surface area (Å²) in [7, 11) is 1.60. The summed E-state index contributed by atoms with van der Waals surface area (Å²) in [6.45, 7) is 5.90. The van der Waals surface area contributed by atoms with Crippen LogP contribution < -0.4 is 0 Å². The van der Waals surface area contributed by atoms with E-state index in [0.717, 1.165) is 45.1 Å². The highest BCUT2D eigenvalue weighted by Gasteiger charge is 2.44. The molecule has 0 radical (unpaired) electrons. The Balaban J connectivity index is 1.35. The third-order valence-corrected chi connectivity index (χ3v) is 8.17. The lowest BCUT2D eigenvalue weighted by atomic mass is 9.75. The number of ether oxygens (including phenoxy) is 2. The molecule has 8 atom stereocenters. The van der Waals surface area contributed by atoms with Crippen molar-refractivity contribution in [2.24, 2.45) is 17.8 Å². The van der Waals surface area contributed by atoms with Crippen LogP contribution in [0.3, 0.4) is 0 Å². The van der Waals surface area contributed by atoms with E-state index in [1.165, 1.54) is 0 Å². The van der Waals surface area contributed by atoms with Gasteiger partial charge in [0, 0.05) is 51.2 Å². The van der Waals surface area contributed by atoms with Gasteiger partial charge in [0.2, 0.25) is 11.8 Å². The SMILES string of the molecule is COC1CCC(C(=O)N2C[C@@H](C)N(C(=O)C3CCC4OCCCC4C3)[C@H](C)C2)C(F)C1. The van der Waals surface area contributed by atoms with Crippen molar-refractivity contribution < 1.29 is 23.5 Å². The molecule has 176 valence electrons. The zero-order valence-corrected chi connectivity index (χ0v) is 19.3. The predicted molar refractivity (Wildman–Crippen MR) is 115 cm³/mol. The minimum Gasteiger partial charge on any atom is -0.381 e. The van der Waals surface area contributed by atoms with Crippen molar-refractivity contribution in [2.45, 2.75) is 95.7 Å². The highest BCUT2D eigenvalue weighted by molar-refractivity contribution is 5.82. The van der Waals surface area contributed by atoms with Crippen LogP contribution in [0.2, 0.25) is 0 Å². The number of piperazine rings is 1. The van der Waals surface area contributed by atoms with E-state index in [9.17, 15) is 14.0 Å². The quantitative estimate of drug-likeness (QED) is 0.679. The number of hydrogen-bond acceptors (Lipinski definition) is 4. The molecule has 4 fully saturated rings. The van der Waals surface area contributed by atoms with Crippen LogP contribution in [0.15, 0.2) is 0 Å². The molecule has 2 aliphatic carbocycles. The van der Waals surface area contributed by atoms with Crippen molar-refractivity contribution in [3.63, 3.8) is 0 Å². The van der Waals surface area contributed by atoms with E-state index in [1.807, 2.05) is 18.7 Å². The second-order valence-corrected chi connectivity index (χ2v) is 10.3. The molecule has 2 saturated heterocycles. The average Bonchev–Trinajstić information content (AvgIpc) is 2.77. The van der Waals surface area contributed by atoms with Crippen LogP contribution in [-0.4, -0.2) is 78.9 Å². The molecule has 2 amide bonds. The van der Waals surface area contributed by atoms with Gasteiger partial charge in [-0.05, 0) is 64.7 Å². The van der Waals surface area contributed by atoms with E-state index in [-0.39, 0.29) is 35.9 Å². The van der Waals surface area contributed by atoms with Crippen LogP contribution in [-0.2, 0) is 19.1 Å². The molecular weight excluding hydrogens is 399 g/mol. The van der Waals surface area contributed by atoms with Gasteiger partial charge in [-0.25, -0.2) is 4.39 Å². The van der Waals surface area contributed by atoms with Gasteiger partial charge in [0.05, 0.1) is 18.1 Å². The first kappa shape index (κ1) is 23.0. The molecule has 4 aliphatic rings. The summed E-state index contributed by atoms with van der Waals surface area (Å²) < 4.78 is 25.9. The summed E-state index contributed by atoms with van der Waals surface area (Å²) in [4.78, 5) is 30.4. The Morgan fingerprint density at radius 1 is 0.968 bits per heavy atom. The fraction of sp³-hybridized carbons (Fsp3) is 0.917. The van der Waals surface area contributed by atoms with Crippen LogP contribution in [0.25, 0.3) is 0 Å². The second-order valence-electron chi connectivity index (χ2n) is 10.3. The lowest BCUT2D eigenvalue weighted by molar-refractivity contribution is -0.155. The Labute approximate surface area is 185 Å². The van der Waals surface area contributed by atoms with Crippen LogP contribution in [0.1, 0.15) is 65.2 Å². The summed E-state index contributed by atoms with van der Waals surface area (Å²) in [5, 5.41) is 0. The Bertz CT molecular complexity index is 649. The number of hydrogen-bond donors (Lipinski definition) is 0. The van der Waals surface area contributed by atoms with Gasteiger partial charge < -0.3 is 19.3 Å². The summed E-state index contributed by atoms with van der Waals surface area (Å²) in [6.07, 6.45) is 5.71. The molecule has 7 heteroatoms. The van der Waals surface area contributed by atoms with Crippen LogP contribution in [0.4, 0.5) is 4.39 Å². The third kappa shape index (κ3) is 4.77. The number of nitrogens with zero attached hydrogens (tertiary/aromatic N) is 2. The first-order chi connectivity index (χ1) is 14.9. The van der Waals surface area contributed by atoms with Gasteiger partial charge in [-0.15, -0.1) is 0 Å². The lowest BCUT2D eigenvalue weighted by Crippen LogP contribution is -2.62. The van der Waals surface area contributed by atoms with Gasteiger partial charge in [-0.3, -0.25) is 9.59 Å². The van der Waals surface area contributed by atoms with Crippen LogP contribution in [0.5, 0.6) is 0 Å². The van der Waals surface area contributed by atoms with E-state index >= 15 is 0 Å². The summed E-state index contributed by atoms with van der Waals surface area (Å²) in [5.41, 5.74) is 0. The highest BCUT2D eigenvalue weighted by atomic mass is 19.1. The molecule has 0 bridgehead atoms. The Hall–Kier alpha value is -1.21. The van der Waals surface area contributed by atoms with E-state index < -0.39 is 12.1 Å². The van der Waals surface area contributed by atoms with Crippen molar-refractivity contribution in [3.05, 3.63) is 0 Å². The van der Waals surface area contributed by atoms with Crippen LogP contribution >= 0.6 is 0 Å². The molecule has 0 aromatic rings. The van der Waals surface area contributed by atoms with E-state index in [1.54, 1.807) is 12.0 Å². The van der Waals surface area contributed by atoms with Gasteiger partial charge >= 0.3 is 0 Å². The normalized spacial score (nSPS) is 41.5. The molecule has 2 heterocycles. The van der Waals surface area contributed by atoms with Crippen molar-refractivity contribution >= 4 is 11.8 Å². The Kier molecular flexibility index (Phi) is 7.21. The minimum absolute atomic E-state index is 0.0473. The first-order valence-electron chi connectivity index (χ1n) is 12.3. The fourth-order valence-corrected chi connectivity index (χ4v) is 6.52. The van der Waals surface area contributed by atoms with Gasteiger partial charge in [0.1, 0.15) is 6.17 Å². The smallest absolute Gasteiger partial charge is 0.228 e. The average molecular weight is 439 g/mol. The number of amides is 2. The fourth-order valence-electron chi connectivity index (χ4n) is 6.52. The number of carbonyl (C=O) groups is 2. The van der Waals surface area contributed by atoms with Gasteiger partial charge in [0.25, 0.3) is 0 Å². The summed E-state index contributed by atoms with van der Waals surface area (Å²) in [6, 6.07) is -0.0946. The zero-order chi connectivity index (χ0) is 22.1. The maximum Gasteiger partial charge on any atom is 0.228 e. The number of methoxy groups -OCH3 is 1. The van der Waals surface area contributed by atoms with Crippen molar-refractivity contribution in [1.29, 1.82) is 0 Å². The van der Waals surface area contributed by atoms with E-state index in [4.69, 9.17) is 9.47 Å². The highest BCUT2D eigenvalue weighted by Crippen LogP contribution is 2.38. The Morgan fingerprint density at radius 2 is 1.71 bits per heavy atom. The van der Waals surface area contributed by atoms with Crippen LogP contribution in [0, 0.1) is 17.8 Å². The van der Waals surface area contributed by atoms with Crippen molar-refractivity contribution in [1.82, 2.24) is 9.80 Å². The standard InChI is InChI=1S/C24H39FN2O4/c1-15-13-26(24(29)20-8-7-19(30-3)12-21(20)25)14-16(2)27(15)23(28)18-6-9-22-17(11-18)5-4-10-31-22/h15-22H,4-14H2,1-3H3/t15-,16-,17?,18?,19?,20?,21?,22?/m1/s1. The molecule has 6 nitrogen and oxygen atoms in total. The van der Waals surface area contributed by atoms with Gasteiger partial charge in [-0.1, -0.05) is 0 Å². The predicted octanol–water partition coefficient (Wildman–Crippen LogP) is 3.18. The third-order valence-electron chi connectivity index (χ3n) is 8.17. The van der Waals surface area contributed by atoms with E-state index in [2.05, 4.69) is 0 Å². The maximum atomic E-state index is 14.7. The topological polar surface area (TPSA) is 59.1 Å². The summed E-state index contributed by atoms with van der Waals surface area (Å²) in [5.74, 6) is 0.144. The second kappa shape index (κ2) is 9.74. The minimum atomic E-state index is -1.15. The monoisotopic (exact) mass is 438 g/mol. The van der Waals surface area contributed by atoms with E-state index in [0.29, 0.717) is 38.0 Å². The molecule has 0 spiro atoms. The number of alkyl halides is 1. The first-order valence-corrected chi connectivity index (χ1v) is 12.3. The molecule has 2 saturated carbocycles. The number of halogens is 1. The molecule has 6 unspecified atom stereocenters. The number of carbonyl (C=O) groups excluding carboxylic acids is 2. The lowest BCUT2D eigenvalue weighted by Gasteiger charge is -2.48.